The molecule has 1 N–H and O–H groups in total. The smallest absolute Gasteiger partial charge is 0.306 e. The van der Waals surface area contributed by atoms with E-state index in [1.54, 1.807) is 0 Å². The minimum absolute atomic E-state index is 0.0625. The summed E-state index contributed by atoms with van der Waals surface area (Å²) >= 11 is 0. The van der Waals surface area contributed by atoms with Gasteiger partial charge in [-0.2, -0.15) is 0 Å². The van der Waals surface area contributed by atoms with E-state index in [0.29, 0.717) is 0 Å². The van der Waals surface area contributed by atoms with Gasteiger partial charge in [0, 0.05) is 0 Å². The van der Waals surface area contributed by atoms with Crippen LogP contribution >= 0.6 is 0 Å². The van der Waals surface area contributed by atoms with Gasteiger partial charge in [-0.15, -0.1) is 0 Å². The van der Waals surface area contributed by atoms with E-state index in [4.69, 9.17) is 5.11 Å². The summed E-state index contributed by atoms with van der Waals surface area (Å²) in [4.78, 5) is 10.7. The first-order chi connectivity index (χ1) is 5.24. The molecule has 1 rings (SSSR count). The zero-order valence-electron chi connectivity index (χ0n) is 7.05. The monoisotopic (exact) mass is 156 g/mol. The van der Waals surface area contributed by atoms with Crippen LogP contribution in [-0.4, -0.2) is 11.1 Å². The predicted octanol–water partition coefficient (Wildman–Crippen LogP) is 2.29. The van der Waals surface area contributed by atoms with Gasteiger partial charge in [0.1, 0.15) is 0 Å². The van der Waals surface area contributed by atoms with Crippen LogP contribution in [0.25, 0.3) is 0 Å². The van der Waals surface area contributed by atoms with E-state index < -0.39 is 5.97 Å². The molecule has 0 bridgehead atoms. The van der Waals surface area contributed by atoms with Gasteiger partial charge in [0.15, 0.2) is 0 Å². The number of hydrogen-bond acceptors (Lipinski definition) is 1. The summed E-state index contributed by atoms with van der Waals surface area (Å²) in [5.74, 6) is 0.0777. The van der Waals surface area contributed by atoms with Crippen molar-refractivity contribution in [2.45, 2.75) is 39.0 Å². The van der Waals surface area contributed by atoms with Crippen molar-refractivity contribution in [2.24, 2.45) is 11.8 Å². The van der Waals surface area contributed by atoms with Gasteiger partial charge in [-0.05, 0) is 18.8 Å². The van der Waals surface area contributed by atoms with Crippen molar-refractivity contribution >= 4 is 5.97 Å². The lowest BCUT2D eigenvalue weighted by atomic mass is 9.97. The van der Waals surface area contributed by atoms with Gasteiger partial charge >= 0.3 is 5.97 Å². The molecule has 0 amide bonds. The number of carboxylic acid groups (broad SMARTS) is 1. The van der Waals surface area contributed by atoms with Crippen LogP contribution in [0.15, 0.2) is 0 Å². The van der Waals surface area contributed by atoms with Gasteiger partial charge in [-0.1, -0.05) is 26.2 Å². The van der Waals surface area contributed by atoms with Crippen molar-refractivity contribution in [2.75, 3.05) is 0 Å². The minimum Gasteiger partial charge on any atom is -0.481 e. The van der Waals surface area contributed by atoms with Crippen LogP contribution < -0.4 is 0 Å². The summed E-state index contributed by atoms with van der Waals surface area (Å²) in [7, 11) is 0. The number of carbonyl (C=O) groups is 1. The predicted molar refractivity (Wildman–Crippen MR) is 43.4 cm³/mol. The molecule has 0 aromatic rings. The lowest BCUT2D eigenvalue weighted by Gasteiger charge is -2.08. The number of carboxylic acids is 1. The second-order valence-corrected chi connectivity index (χ2v) is 3.50. The second-order valence-electron chi connectivity index (χ2n) is 3.50. The largest absolute Gasteiger partial charge is 0.481 e. The van der Waals surface area contributed by atoms with Crippen molar-refractivity contribution in [3.63, 3.8) is 0 Å². The molecule has 0 aromatic carbocycles. The van der Waals surface area contributed by atoms with Gasteiger partial charge in [-0.25, -0.2) is 0 Å². The molecule has 1 unspecified atom stereocenters. The Bertz CT molecular complexity index is 138. The maximum Gasteiger partial charge on any atom is 0.306 e. The lowest BCUT2D eigenvalue weighted by Crippen LogP contribution is -2.13. The van der Waals surface area contributed by atoms with Crippen molar-refractivity contribution in [1.82, 2.24) is 0 Å². The molecule has 0 saturated heterocycles. The third kappa shape index (κ3) is 2.91. The Kier molecular flexibility index (Phi) is 2.92. The third-order valence-corrected chi connectivity index (χ3v) is 2.30. The van der Waals surface area contributed by atoms with Gasteiger partial charge < -0.3 is 5.11 Å². The molecule has 0 radical (unpaired) electrons. The summed E-state index contributed by atoms with van der Waals surface area (Å²) in [6.07, 6.45) is 5.28. The Morgan fingerprint density at radius 3 is 2.64 bits per heavy atom. The fourth-order valence-electron chi connectivity index (χ4n) is 1.45. The van der Waals surface area contributed by atoms with E-state index in [0.717, 1.165) is 25.2 Å². The summed E-state index contributed by atoms with van der Waals surface area (Å²) < 4.78 is 0. The number of hydrogen-bond donors (Lipinski definition) is 1. The quantitative estimate of drug-likeness (QED) is 0.663. The van der Waals surface area contributed by atoms with Crippen LogP contribution in [0.2, 0.25) is 0 Å². The molecule has 1 fully saturated rings. The lowest BCUT2D eigenvalue weighted by molar-refractivity contribution is -0.142. The Balaban J connectivity index is 2.24. The normalized spacial score (nSPS) is 19.7. The molecule has 1 atom stereocenters. The molecule has 0 heterocycles. The highest BCUT2D eigenvalue weighted by atomic mass is 16.4. The molecular formula is C9H16O2. The standard InChI is InChI=1S/C9H16O2/c1-2-3-8(9(10)11)6-7-4-5-7/h7-8H,2-6H2,1H3,(H,10,11). The van der Waals surface area contributed by atoms with E-state index in [1.807, 2.05) is 6.92 Å². The van der Waals surface area contributed by atoms with E-state index >= 15 is 0 Å². The van der Waals surface area contributed by atoms with E-state index in [9.17, 15) is 4.79 Å². The highest BCUT2D eigenvalue weighted by Gasteiger charge is 2.28. The molecule has 2 nitrogen and oxygen atoms in total. The van der Waals surface area contributed by atoms with Crippen LogP contribution in [-0.2, 0) is 4.79 Å². The number of aliphatic carboxylic acids is 1. The summed E-state index contributed by atoms with van der Waals surface area (Å²) in [6, 6.07) is 0. The number of rotatable bonds is 5. The molecule has 0 aromatic heterocycles. The van der Waals surface area contributed by atoms with Crippen molar-refractivity contribution in [1.29, 1.82) is 0 Å². The minimum atomic E-state index is -0.598. The van der Waals surface area contributed by atoms with Crippen LogP contribution in [0.1, 0.15) is 39.0 Å². The molecule has 1 saturated carbocycles. The van der Waals surface area contributed by atoms with Gasteiger partial charge in [-0.3, -0.25) is 4.79 Å². The van der Waals surface area contributed by atoms with Crippen molar-refractivity contribution in [3.05, 3.63) is 0 Å². The summed E-state index contributed by atoms with van der Waals surface area (Å²) in [5, 5.41) is 8.78. The van der Waals surface area contributed by atoms with Crippen LogP contribution in [0.5, 0.6) is 0 Å². The van der Waals surface area contributed by atoms with Crippen molar-refractivity contribution < 1.29 is 9.90 Å². The Labute approximate surface area is 67.6 Å². The third-order valence-electron chi connectivity index (χ3n) is 2.30. The topological polar surface area (TPSA) is 37.3 Å². The van der Waals surface area contributed by atoms with Crippen LogP contribution in [0.4, 0.5) is 0 Å². The molecule has 11 heavy (non-hydrogen) atoms. The Hall–Kier alpha value is -0.530. The molecule has 2 heteroatoms. The molecular weight excluding hydrogens is 140 g/mol. The summed E-state index contributed by atoms with van der Waals surface area (Å²) in [6.45, 7) is 2.04. The van der Waals surface area contributed by atoms with Gasteiger partial charge in [0.2, 0.25) is 0 Å². The first kappa shape index (κ1) is 8.57. The fourth-order valence-corrected chi connectivity index (χ4v) is 1.45. The first-order valence-corrected chi connectivity index (χ1v) is 4.46. The van der Waals surface area contributed by atoms with Gasteiger partial charge in [0.05, 0.1) is 5.92 Å². The Morgan fingerprint density at radius 1 is 1.64 bits per heavy atom. The van der Waals surface area contributed by atoms with Crippen LogP contribution in [0, 0.1) is 11.8 Å². The fraction of sp³-hybridized carbons (Fsp3) is 0.889. The van der Waals surface area contributed by atoms with E-state index in [2.05, 4.69) is 0 Å². The molecule has 1 aliphatic carbocycles. The van der Waals surface area contributed by atoms with Crippen LogP contribution in [0.3, 0.4) is 0 Å². The average molecular weight is 156 g/mol. The summed E-state index contributed by atoms with van der Waals surface area (Å²) in [5.41, 5.74) is 0. The van der Waals surface area contributed by atoms with Crippen molar-refractivity contribution in [3.8, 4) is 0 Å². The maximum absolute atomic E-state index is 10.7. The second kappa shape index (κ2) is 3.74. The maximum atomic E-state index is 10.7. The molecule has 0 aliphatic heterocycles. The zero-order valence-corrected chi connectivity index (χ0v) is 7.05. The highest BCUT2D eigenvalue weighted by Crippen LogP contribution is 2.36. The first-order valence-electron chi connectivity index (χ1n) is 4.46. The van der Waals surface area contributed by atoms with Gasteiger partial charge in [0.25, 0.3) is 0 Å². The average Bonchev–Trinajstić information content (AvgIpc) is 2.70. The molecule has 0 spiro atoms. The molecule has 1 aliphatic rings. The molecule has 64 valence electrons. The van der Waals surface area contributed by atoms with E-state index in [1.165, 1.54) is 12.8 Å². The Morgan fingerprint density at radius 2 is 2.27 bits per heavy atom. The highest BCUT2D eigenvalue weighted by molar-refractivity contribution is 5.69. The zero-order chi connectivity index (χ0) is 8.27. The SMILES string of the molecule is CCCC(CC1CC1)C(=O)O. The van der Waals surface area contributed by atoms with E-state index in [-0.39, 0.29) is 5.92 Å².